The van der Waals surface area contributed by atoms with Crippen molar-refractivity contribution in [3.8, 4) is 0 Å². The Balaban J connectivity index is 2.68. The van der Waals surface area contributed by atoms with E-state index in [-0.39, 0.29) is 11.8 Å². The zero-order valence-electron chi connectivity index (χ0n) is 11.9. The lowest BCUT2D eigenvalue weighted by atomic mass is 10.1. The minimum absolute atomic E-state index is 0.00788. The van der Waals surface area contributed by atoms with E-state index in [2.05, 4.69) is 5.32 Å². The fourth-order valence-electron chi connectivity index (χ4n) is 2.06. The van der Waals surface area contributed by atoms with Crippen LogP contribution in [-0.4, -0.2) is 37.5 Å². The van der Waals surface area contributed by atoms with Gasteiger partial charge in [0.2, 0.25) is 5.91 Å². The first-order valence-corrected chi connectivity index (χ1v) is 6.86. The summed E-state index contributed by atoms with van der Waals surface area (Å²) in [6, 6.07) is 10.1. The second-order valence-electron chi connectivity index (χ2n) is 4.85. The molecule has 0 aliphatic heterocycles. The molecule has 4 heteroatoms. The van der Waals surface area contributed by atoms with Gasteiger partial charge in [-0.1, -0.05) is 37.3 Å². The summed E-state index contributed by atoms with van der Waals surface area (Å²) in [5.41, 5.74) is 6.71. The van der Waals surface area contributed by atoms with Crippen LogP contribution >= 0.6 is 0 Å². The van der Waals surface area contributed by atoms with Crippen LogP contribution in [0.1, 0.15) is 18.9 Å². The van der Waals surface area contributed by atoms with E-state index in [1.807, 2.05) is 49.2 Å². The van der Waals surface area contributed by atoms with E-state index in [1.165, 1.54) is 0 Å². The Morgan fingerprint density at radius 3 is 2.63 bits per heavy atom. The molecule has 0 saturated heterocycles. The third-order valence-corrected chi connectivity index (χ3v) is 3.09. The van der Waals surface area contributed by atoms with Crippen molar-refractivity contribution >= 4 is 5.91 Å². The van der Waals surface area contributed by atoms with E-state index in [0.29, 0.717) is 19.6 Å². The molecule has 1 unspecified atom stereocenters. The van der Waals surface area contributed by atoms with Crippen molar-refractivity contribution < 1.29 is 4.79 Å². The van der Waals surface area contributed by atoms with Crippen molar-refractivity contribution in [3.05, 3.63) is 35.9 Å². The molecule has 4 nitrogen and oxygen atoms in total. The van der Waals surface area contributed by atoms with Crippen LogP contribution in [-0.2, 0) is 11.3 Å². The SMILES string of the molecule is CNCC(C)C(=O)N(CCCN)Cc1ccccc1. The zero-order valence-corrected chi connectivity index (χ0v) is 11.9. The maximum absolute atomic E-state index is 12.4. The van der Waals surface area contributed by atoms with Gasteiger partial charge in [-0.25, -0.2) is 0 Å². The summed E-state index contributed by atoms with van der Waals surface area (Å²) in [6.45, 7) is 4.65. The van der Waals surface area contributed by atoms with Crippen molar-refractivity contribution in [3.63, 3.8) is 0 Å². The van der Waals surface area contributed by atoms with Crippen LogP contribution in [0, 0.1) is 5.92 Å². The molecule has 0 fully saturated rings. The highest BCUT2D eigenvalue weighted by Crippen LogP contribution is 2.09. The molecular formula is C15H25N3O. The van der Waals surface area contributed by atoms with Crippen molar-refractivity contribution in [2.24, 2.45) is 11.7 Å². The summed E-state index contributed by atoms with van der Waals surface area (Å²) in [6.07, 6.45) is 0.838. The Morgan fingerprint density at radius 2 is 2.05 bits per heavy atom. The predicted octanol–water partition coefficient (Wildman–Crippen LogP) is 1.22. The molecule has 0 aliphatic carbocycles. The van der Waals surface area contributed by atoms with Crippen LogP contribution in [0.15, 0.2) is 30.3 Å². The zero-order chi connectivity index (χ0) is 14.1. The number of nitrogens with two attached hydrogens (primary N) is 1. The van der Waals surface area contributed by atoms with E-state index in [9.17, 15) is 4.79 Å². The Hall–Kier alpha value is -1.39. The van der Waals surface area contributed by atoms with Gasteiger partial charge in [-0.05, 0) is 25.6 Å². The van der Waals surface area contributed by atoms with Crippen LogP contribution in [0.5, 0.6) is 0 Å². The Labute approximate surface area is 116 Å². The van der Waals surface area contributed by atoms with Gasteiger partial charge >= 0.3 is 0 Å². The standard InChI is InChI=1S/C15H25N3O/c1-13(11-17-2)15(19)18(10-6-9-16)12-14-7-4-3-5-8-14/h3-5,7-8,13,17H,6,9-12,16H2,1-2H3. The quantitative estimate of drug-likeness (QED) is 0.741. The lowest BCUT2D eigenvalue weighted by molar-refractivity contribution is -0.135. The Morgan fingerprint density at radius 1 is 1.37 bits per heavy atom. The van der Waals surface area contributed by atoms with Gasteiger partial charge in [-0.15, -0.1) is 0 Å². The molecule has 106 valence electrons. The van der Waals surface area contributed by atoms with E-state index in [4.69, 9.17) is 5.73 Å². The predicted molar refractivity (Wildman–Crippen MR) is 78.6 cm³/mol. The number of carbonyl (C=O) groups is 1. The van der Waals surface area contributed by atoms with Crippen LogP contribution in [0.4, 0.5) is 0 Å². The van der Waals surface area contributed by atoms with Gasteiger partial charge in [0, 0.05) is 25.6 Å². The lowest BCUT2D eigenvalue weighted by Gasteiger charge is -2.26. The summed E-state index contributed by atoms with van der Waals surface area (Å²) < 4.78 is 0. The number of benzene rings is 1. The molecule has 1 rings (SSSR count). The maximum atomic E-state index is 12.4. The lowest BCUT2D eigenvalue weighted by Crippen LogP contribution is -2.39. The molecule has 0 aliphatic rings. The van der Waals surface area contributed by atoms with E-state index in [1.54, 1.807) is 0 Å². The molecule has 19 heavy (non-hydrogen) atoms. The average molecular weight is 263 g/mol. The number of hydrogen-bond acceptors (Lipinski definition) is 3. The average Bonchev–Trinajstić information content (AvgIpc) is 2.44. The number of nitrogens with zero attached hydrogens (tertiary/aromatic N) is 1. The highest BCUT2D eigenvalue weighted by Gasteiger charge is 2.19. The molecule has 1 amide bonds. The van der Waals surface area contributed by atoms with E-state index in [0.717, 1.165) is 18.5 Å². The summed E-state index contributed by atoms with van der Waals surface area (Å²) in [5.74, 6) is 0.179. The molecule has 0 radical (unpaired) electrons. The van der Waals surface area contributed by atoms with Crippen molar-refractivity contribution in [2.45, 2.75) is 19.9 Å². The number of nitrogens with one attached hydrogen (secondary N) is 1. The minimum Gasteiger partial charge on any atom is -0.338 e. The third-order valence-electron chi connectivity index (χ3n) is 3.09. The molecule has 1 aromatic rings. The fourth-order valence-corrected chi connectivity index (χ4v) is 2.06. The smallest absolute Gasteiger partial charge is 0.226 e. The first kappa shape index (κ1) is 15.7. The van der Waals surface area contributed by atoms with Crippen molar-refractivity contribution in [1.29, 1.82) is 0 Å². The summed E-state index contributed by atoms with van der Waals surface area (Å²) in [4.78, 5) is 14.3. The molecular weight excluding hydrogens is 238 g/mol. The fraction of sp³-hybridized carbons (Fsp3) is 0.533. The van der Waals surface area contributed by atoms with Crippen molar-refractivity contribution in [1.82, 2.24) is 10.2 Å². The minimum atomic E-state index is -0.00788. The highest BCUT2D eigenvalue weighted by molar-refractivity contribution is 5.78. The molecule has 1 atom stereocenters. The summed E-state index contributed by atoms with van der Waals surface area (Å²) >= 11 is 0. The maximum Gasteiger partial charge on any atom is 0.226 e. The molecule has 1 aromatic carbocycles. The number of carbonyl (C=O) groups excluding carboxylic acids is 1. The van der Waals surface area contributed by atoms with Gasteiger partial charge in [0.15, 0.2) is 0 Å². The van der Waals surface area contributed by atoms with Crippen LogP contribution in [0.2, 0.25) is 0 Å². The van der Waals surface area contributed by atoms with Gasteiger partial charge < -0.3 is 16.0 Å². The molecule has 0 saturated carbocycles. The Bertz CT molecular complexity index is 367. The second-order valence-corrected chi connectivity index (χ2v) is 4.85. The Kier molecular flexibility index (Phi) is 7.15. The number of rotatable bonds is 8. The van der Waals surface area contributed by atoms with Gasteiger partial charge in [0.1, 0.15) is 0 Å². The normalized spacial score (nSPS) is 12.2. The molecule has 0 spiro atoms. The molecule has 0 heterocycles. The van der Waals surface area contributed by atoms with Gasteiger partial charge in [-0.2, -0.15) is 0 Å². The first-order valence-electron chi connectivity index (χ1n) is 6.86. The number of hydrogen-bond donors (Lipinski definition) is 2. The van der Waals surface area contributed by atoms with Crippen LogP contribution in [0.25, 0.3) is 0 Å². The van der Waals surface area contributed by atoms with E-state index >= 15 is 0 Å². The van der Waals surface area contributed by atoms with Gasteiger partial charge in [0.25, 0.3) is 0 Å². The molecule has 0 bridgehead atoms. The molecule has 3 N–H and O–H groups in total. The van der Waals surface area contributed by atoms with Gasteiger partial charge in [0.05, 0.1) is 0 Å². The first-order chi connectivity index (χ1) is 9.19. The third kappa shape index (κ3) is 5.41. The molecule has 0 aromatic heterocycles. The van der Waals surface area contributed by atoms with Gasteiger partial charge in [-0.3, -0.25) is 4.79 Å². The van der Waals surface area contributed by atoms with Crippen LogP contribution < -0.4 is 11.1 Å². The monoisotopic (exact) mass is 263 g/mol. The van der Waals surface area contributed by atoms with Crippen molar-refractivity contribution in [2.75, 3.05) is 26.7 Å². The van der Waals surface area contributed by atoms with E-state index < -0.39 is 0 Å². The summed E-state index contributed by atoms with van der Waals surface area (Å²) in [7, 11) is 1.87. The highest BCUT2D eigenvalue weighted by atomic mass is 16.2. The van der Waals surface area contributed by atoms with Crippen LogP contribution in [0.3, 0.4) is 0 Å². The second kappa shape index (κ2) is 8.67. The summed E-state index contributed by atoms with van der Waals surface area (Å²) in [5, 5.41) is 3.05. The topological polar surface area (TPSA) is 58.4 Å². The number of amides is 1. The largest absolute Gasteiger partial charge is 0.338 e.